The molecule has 0 saturated heterocycles. The van der Waals surface area contributed by atoms with Crippen molar-refractivity contribution in [3.63, 3.8) is 0 Å². The second kappa shape index (κ2) is 7.14. The zero-order valence-corrected chi connectivity index (χ0v) is 15.2. The third-order valence-electron chi connectivity index (χ3n) is 3.33. The summed E-state index contributed by atoms with van der Waals surface area (Å²) in [5.74, 6) is 1.47. The van der Waals surface area contributed by atoms with Crippen LogP contribution in [-0.2, 0) is 12.8 Å². The molecule has 1 heterocycles. The third kappa shape index (κ3) is 3.66. The molecule has 0 saturated carbocycles. The Balaban J connectivity index is 1.82. The maximum atomic E-state index is 6.18. The summed E-state index contributed by atoms with van der Waals surface area (Å²) in [6.45, 7) is 0. The second-order valence-electron chi connectivity index (χ2n) is 4.87. The fourth-order valence-corrected chi connectivity index (χ4v) is 3.58. The Labute approximate surface area is 153 Å². The largest absolute Gasteiger partial charge is 0.305 e. The lowest BCUT2D eigenvalue weighted by atomic mass is 10.2. The van der Waals surface area contributed by atoms with E-state index in [2.05, 4.69) is 10.2 Å². The molecule has 0 N–H and O–H groups in total. The number of hydrogen-bond acceptors (Lipinski definition) is 3. The minimum atomic E-state index is 0.498. The van der Waals surface area contributed by atoms with Crippen LogP contribution in [0.1, 0.15) is 5.56 Å². The maximum Gasteiger partial charge on any atom is 0.191 e. The fraction of sp³-hybridized carbons (Fsp3) is 0.125. The monoisotopic (exact) mass is 383 g/mol. The first-order chi connectivity index (χ1) is 11.1. The van der Waals surface area contributed by atoms with Gasteiger partial charge < -0.3 is 4.57 Å². The molecule has 3 rings (SSSR count). The van der Waals surface area contributed by atoms with E-state index in [1.807, 2.05) is 41.9 Å². The van der Waals surface area contributed by atoms with E-state index in [0.29, 0.717) is 10.0 Å². The van der Waals surface area contributed by atoms with Gasteiger partial charge >= 0.3 is 0 Å². The Morgan fingerprint density at radius 1 is 0.957 bits per heavy atom. The lowest BCUT2D eigenvalue weighted by Gasteiger charge is -2.06. The highest BCUT2D eigenvalue weighted by Crippen LogP contribution is 2.30. The SMILES string of the molecule is Cn1c(SCc2ccccc2Cl)nnc1-c1ccc(Cl)c(Cl)c1. The highest BCUT2D eigenvalue weighted by atomic mass is 35.5. The standard InChI is InChI=1S/C16H12Cl3N3S/c1-22-15(10-6-7-13(18)14(19)8-10)20-21-16(22)23-9-11-4-2-3-5-12(11)17/h2-8H,9H2,1H3. The van der Waals surface area contributed by atoms with Crippen molar-refractivity contribution in [1.29, 1.82) is 0 Å². The average Bonchev–Trinajstić information content (AvgIpc) is 2.90. The maximum absolute atomic E-state index is 6.18. The second-order valence-corrected chi connectivity index (χ2v) is 7.04. The van der Waals surface area contributed by atoms with Crippen molar-refractivity contribution in [3.8, 4) is 11.4 Å². The van der Waals surface area contributed by atoms with Gasteiger partial charge in [0.2, 0.25) is 0 Å². The zero-order valence-electron chi connectivity index (χ0n) is 12.1. The van der Waals surface area contributed by atoms with Crippen LogP contribution in [0.3, 0.4) is 0 Å². The molecule has 2 aromatic carbocycles. The van der Waals surface area contributed by atoms with E-state index in [-0.39, 0.29) is 0 Å². The van der Waals surface area contributed by atoms with E-state index in [1.54, 1.807) is 23.9 Å². The summed E-state index contributed by atoms with van der Waals surface area (Å²) in [5, 5.41) is 11.1. The van der Waals surface area contributed by atoms with Gasteiger partial charge in [-0.2, -0.15) is 0 Å². The van der Waals surface area contributed by atoms with Crippen molar-refractivity contribution in [3.05, 3.63) is 63.1 Å². The molecule has 0 aliphatic rings. The van der Waals surface area contributed by atoms with Crippen LogP contribution in [0, 0.1) is 0 Å². The van der Waals surface area contributed by atoms with Crippen LogP contribution in [0.5, 0.6) is 0 Å². The molecule has 0 bridgehead atoms. The van der Waals surface area contributed by atoms with E-state index in [0.717, 1.165) is 32.9 Å². The molecule has 23 heavy (non-hydrogen) atoms. The quantitative estimate of drug-likeness (QED) is 0.538. The molecule has 1 aromatic heterocycles. The molecule has 0 atom stereocenters. The van der Waals surface area contributed by atoms with Crippen molar-refractivity contribution < 1.29 is 0 Å². The summed E-state index contributed by atoms with van der Waals surface area (Å²) < 4.78 is 1.93. The van der Waals surface area contributed by atoms with E-state index in [9.17, 15) is 0 Å². The normalized spacial score (nSPS) is 11.0. The highest BCUT2D eigenvalue weighted by Gasteiger charge is 2.13. The van der Waals surface area contributed by atoms with Crippen molar-refractivity contribution >= 4 is 46.6 Å². The van der Waals surface area contributed by atoms with E-state index in [1.165, 1.54) is 0 Å². The summed E-state index contributed by atoms with van der Waals surface area (Å²) in [7, 11) is 1.92. The van der Waals surface area contributed by atoms with E-state index >= 15 is 0 Å². The van der Waals surface area contributed by atoms with Crippen LogP contribution >= 0.6 is 46.6 Å². The lowest BCUT2D eigenvalue weighted by molar-refractivity contribution is 0.794. The summed E-state index contributed by atoms with van der Waals surface area (Å²) in [6, 6.07) is 13.2. The van der Waals surface area contributed by atoms with Gasteiger partial charge in [0.15, 0.2) is 11.0 Å². The first-order valence-corrected chi connectivity index (χ1v) is 8.89. The lowest BCUT2D eigenvalue weighted by Crippen LogP contribution is -1.95. The molecule has 0 aliphatic heterocycles. The molecule has 0 aliphatic carbocycles. The summed E-state index contributed by atoms with van der Waals surface area (Å²) in [4.78, 5) is 0. The topological polar surface area (TPSA) is 30.7 Å². The van der Waals surface area contributed by atoms with Crippen LogP contribution in [-0.4, -0.2) is 14.8 Å². The molecule has 3 aromatic rings. The fourth-order valence-electron chi connectivity index (χ4n) is 2.08. The first kappa shape index (κ1) is 16.7. The number of rotatable bonds is 4. The zero-order chi connectivity index (χ0) is 16.4. The molecule has 0 spiro atoms. The number of halogens is 3. The van der Waals surface area contributed by atoms with Gasteiger partial charge in [-0.15, -0.1) is 10.2 Å². The molecule has 118 valence electrons. The van der Waals surface area contributed by atoms with Crippen LogP contribution in [0.2, 0.25) is 15.1 Å². The Hall–Kier alpha value is -1.20. The number of hydrogen-bond donors (Lipinski definition) is 0. The first-order valence-electron chi connectivity index (χ1n) is 6.77. The number of thioether (sulfide) groups is 1. The van der Waals surface area contributed by atoms with Gasteiger partial charge in [-0.3, -0.25) is 0 Å². The molecule has 3 nitrogen and oxygen atoms in total. The number of benzene rings is 2. The van der Waals surface area contributed by atoms with Gasteiger partial charge in [-0.25, -0.2) is 0 Å². The van der Waals surface area contributed by atoms with Crippen molar-refractivity contribution in [2.45, 2.75) is 10.9 Å². The Kier molecular flexibility index (Phi) is 5.17. The van der Waals surface area contributed by atoms with Crippen molar-refractivity contribution in [2.24, 2.45) is 7.05 Å². The molecule has 0 radical (unpaired) electrons. The minimum absolute atomic E-state index is 0.498. The minimum Gasteiger partial charge on any atom is -0.305 e. The summed E-state index contributed by atoms with van der Waals surface area (Å²) >= 11 is 19.8. The van der Waals surface area contributed by atoms with Gasteiger partial charge in [0.1, 0.15) is 0 Å². The average molecular weight is 385 g/mol. The Morgan fingerprint density at radius 2 is 1.74 bits per heavy atom. The van der Waals surface area contributed by atoms with Crippen LogP contribution in [0.25, 0.3) is 11.4 Å². The molecular formula is C16H12Cl3N3S. The van der Waals surface area contributed by atoms with Crippen LogP contribution < -0.4 is 0 Å². The third-order valence-corrected chi connectivity index (χ3v) is 5.50. The van der Waals surface area contributed by atoms with Crippen molar-refractivity contribution in [1.82, 2.24) is 14.8 Å². The Morgan fingerprint density at radius 3 is 2.48 bits per heavy atom. The molecule has 0 unspecified atom stereocenters. The number of nitrogens with zero attached hydrogens (tertiary/aromatic N) is 3. The van der Waals surface area contributed by atoms with Gasteiger partial charge in [0.05, 0.1) is 10.0 Å². The Bertz CT molecular complexity index is 848. The smallest absolute Gasteiger partial charge is 0.191 e. The molecular weight excluding hydrogens is 373 g/mol. The molecule has 0 fully saturated rings. The van der Waals surface area contributed by atoms with Gasteiger partial charge in [-0.1, -0.05) is 64.8 Å². The molecule has 0 amide bonds. The van der Waals surface area contributed by atoms with Crippen LogP contribution in [0.15, 0.2) is 47.6 Å². The predicted octanol–water partition coefficient (Wildman–Crippen LogP) is 5.73. The van der Waals surface area contributed by atoms with E-state index in [4.69, 9.17) is 34.8 Å². The van der Waals surface area contributed by atoms with Crippen molar-refractivity contribution in [2.75, 3.05) is 0 Å². The number of aromatic nitrogens is 3. The molecule has 7 heteroatoms. The van der Waals surface area contributed by atoms with Gasteiger partial charge in [0, 0.05) is 23.4 Å². The van der Waals surface area contributed by atoms with Gasteiger partial charge in [0.25, 0.3) is 0 Å². The van der Waals surface area contributed by atoms with Crippen LogP contribution in [0.4, 0.5) is 0 Å². The van der Waals surface area contributed by atoms with E-state index < -0.39 is 0 Å². The summed E-state index contributed by atoms with van der Waals surface area (Å²) in [5.41, 5.74) is 1.94. The predicted molar refractivity (Wildman–Crippen MR) is 97.5 cm³/mol. The highest BCUT2D eigenvalue weighted by molar-refractivity contribution is 7.98. The summed E-state index contributed by atoms with van der Waals surface area (Å²) in [6.07, 6.45) is 0. The van der Waals surface area contributed by atoms with Gasteiger partial charge in [-0.05, 0) is 29.8 Å².